The van der Waals surface area contributed by atoms with Crippen molar-refractivity contribution in [2.45, 2.75) is 117 Å². The number of rotatable bonds is 15. The van der Waals surface area contributed by atoms with Gasteiger partial charge < -0.3 is 0 Å². The molecule has 0 fully saturated rings. The molecule has 3 aromatic heterocycles. The van der Waals surface area contributed by atoms with E-state index < -0.39 is 8.07 Å². The van der Waals surface area contributed by atoms with Gasteiger partial charge in [0.25, 0.3) is 0 Å². The molecular weight excluding hydrogens is 537 g/mol. The molecule has 1 aromatic carbocycles. The molecule has 0 N–H and O–H groups in total. The van der Waals surface area contributed by atoms with Gasteiger partial charge in [-0.05, 0) is 54.0 Å². The van der Waals surface area contributed by atoms with Crippen molar-refractivity contribution in [3.8, 4) is 20.2 Å². The summed E-state index contributed by atoms with van der Waals surface area (Å²) in [4.78, 5) is 6.14. The average Bonchev–Trinajstić information content (AvgIpc) is 3.68. The monoisotopic (exact) mass is 580 g/mol. The molecule has 5 rings (SSSR count). The first-order valence-electron chi connectivity index (χ1n) is 15.1. The third-order valence-corrected chi connectivity index (χ3v) is 17.2. The molecule has 1 aliphatic heterocycles. The van der Waals surface area contributed by atoms with Crippen LogP contribution >= 0.6 is 34.4 Å². The van der Waals surface area contributed by atoms with E-state index in [1.165, 1.54) is 122 Å². The van der Waals surface area contributed by atoms with Crippen LogP contribution in [-0.2, 0) is 0 Å². The van der Waals surface area contributed by atoms with Crippen LogP contribution in [0.2, 0.25) is 12.1 Å². The molecule has 0 bridgehead atoms. The second kappa shape index (κ2) is 12.9. The lowest BCUT2D eigenvalue weighted by molar-refractivity contribution is 0.616. The van der Waals surface area contributed by atoms with E-state index in [-0.39, 0.29) is 0 Å². The van der Waals surface area contributed by atoms with Crippen LogP contribution in [0, 0.1) is 13.8 Å². The highest BCUT2D eigenvalue weighted by molar-refractivity contribution is 7.30. The zero-order chi connectivity index (χ0) is 26.5. The van der Waals surface area contributed by atoms with E-state index in [1.807, 2.05) is 11.3 Å². The molecule has 0 saturated carbocycles. The predicted molar refractivity (Wildman–Crippen MR) is 175 cm³/mol. The van der Waals surface area contributed by atoms with E-state index >= 15 is 0 Å². The Morgan fingerprint density at radius 2 is 1.24 bits per heavy atom. The first kappa shape index (κ1) is 28.2. The molecule has 6 heteroatoms. The Balaban J connectivity index is 1.49. The second-order valence-corrected chi connectivity index (χ2v) is 18.5. The molecule has 4 aromatic rings. The van der Waals surface area contributed by atoms with E-state index in [0.29, 0.717) is 0 Å². The Kier molecular flexibility index (Phi) is 9.56. The highest BCUT2D eigenvalue weighted by atomic mass is 32.1. The maximum absolute atomic E-state index is 4.74. The zero-order valence-electron chi connectivity index (χ0n) is 23.8. The molecule has 0 saturated heterocycles. The number of hydrogen-bond acceptors (Lipinski definition) is 5. The lowest BCUT2D eigenvalue weighted by Gasteiger charge is -2.29. The fourth-order valence-electron chi connectivity index (χ4n) is 6.50. The van der Waals surface area contributed by atoms with Crippen LogP contribution in [0.1, 0.15) is 101 Å². The number of aryl methyl sites for hydroxylation is 2. The van der Waals surface area contributed by atoms with Crippen molar-refractivity contribution in [2.75, 3.05) is 0 Å². The molecule has 2 nitrogen and oxygen atoms in total. The summed E-state index contributed by atoms with van der Waals surface area (Å²) in [5.74, 6) is 0. The van der Waals surface area contributed by atoms with E-state index in [4.69, 9.17) is 4.37 Å². The van der Waals surface area contributed by atoms with E-state index in [9.17, 15) is 0 Å². The molecular formula is C32H44N2S3Si. The molecule has 4 heterocycles. The lowest BCUT2D eigenvalue weighted by Crippen LogP contribution is -2.54. The SMILES string of the molecule is CCCCCCCC[Si]1(CCCCCCCC)c2cc(C)sc2-c2sc(-c3ccc(C)c4nsnc34)cc21. The molecule has 0 unspecified atom stereocenters. The summed E-state index contributed by atoms with van der Waals surface area (Å²) in [5, 5.41) is 3.55. The standard InChI is InChI=1S/C32H44N2S3Si/c1-5-7-9-11-13-15-19-38(20-16-14-12-10-8-6-2)27-21-24(4)35-31(27)32-28(38)22-26(36-32)25-18-17-23(3)29-30(25)34-37-33-29/h17-18,21-22H,5-16,19-20H2,1-4H3. The van der Waals surface area contributed by atoms with Gasteiger partial charge >= 0.3 is 0 Å². The minimum Gasteiger partial charge on any atom is -0.173 e. The molecule has 1 aliphatic rings. The Morgan fingerprint density at radius 1 is 0.658 bits per heavy atom. The van der Waals surface area contributed by atoms with Crippen LogP contribution in [0.3, 0.4) is 0 Å². The van der Waals surface area contributed by atoms with E-state index in [0.717, 1.165) is 11.0 Å². The largest absolute Gasteiger partial charge is 0.173 e. The van der Waals surface area contributed by atoms with Gasteiger partial charge in [0.15, 0.2) is 0 Å². The summed E-state index contributed by atoms with van der Waals surface area (Å²) in [6.45, 7) is 9.12. The first-order chi connectivity index (χ1) is 18.6. The molecule has 0 spiro atoms. The third kappa shape index (κ3) is 5.61. The molecule has 0 radical (unpaired) electrons. The summed E-state index contributed by atoms with van der Waals surface area (Å²) in [5.41, 5.74) is 4.69. The summed E-state index contributed by atoms with van der Waals surface area (Å²) in [7, 11) is -1.78. The highest BCUT2D eigenvalue weighted by Crippen LogP contribution is 2.46. The number of benzene rings is 1. The van der Waals surface area contributed by atoms with Crippen molar-refractivity contribution in [1.82, 2.24) is 8.75 Å². The van der Waals surface area contributed by atoms with Gasteiger partial charge in [0.2, 0.25) is 0 Å². The fraction of sp³-hybridized carbons (Fsp3) is 0.562. The minimum atomic E-state index is -1.78. The maximum Gasteiger partial charge on any atom is 0.122 e. The summed E-state index contributed by atoms with van der Waals surface area (Å²) >= 11 is 5.45. The maximum atomic E-state index is 4.74. The number of aromatic nitrogens is 2. The van der Waals surface area contributed by atoms with Crippen molar-refractivity contribution >= 4 is 63.9 Å². The van der Waals surface area contributed by atoms with Crippen LogP contribution in [-0.4, -0.2) is 16.8 Å². The Morgan fingerprint density at radius 3 is 1.92 bits per heavy atom. The van der Waals surface area contributed by atoms with Gasteiger partial charge in [0.1, 0.15) is 19.1 Å². The van der Waals surface area contributed by atoms with Crippen LogP contribution in [0.4, 0.5) is 0 Å². The van der Waals surface area contributed by atoms with Gasteiger partial charge in [-0.15, -0.1) is 22.7 Å². The lowest BCUT2D eigenvalue weighted by atomic mass is 10.1. The van der Waals surface area contributed by atoms with E-state index in [2.05, 4.69) is 67.7 Å². The molecule has 204 valence electrons. The summed E-state index contributed by atoms with van der Waals surface area (Å²) in [6, 6.07) is 12.6. The average molecular weight is 581 g/mol. The summed E-state index contributed by atoms with van der Waals surface area (Å²) in [6.07, 6.45) is 16.7. The van der Waals surface area contributed by atoms with Gasteiger partial charge in [-0.3, -0.25) is 0 Å². The zero-order valence-corrected chi connectivity index (χ0v) is 27.3. The van der Waals surface area contributed by atoms with Crippen molar-refractivity contribution in [1.29, 1.82) is 0 Å². The first-order valence-corrected chi connectivity index (χ1v) is 19.8. The second-order valence-electron chi connectivity index (χ2n) is 11.5. The smallest absolute Gasteiger partial charge is 0.122 e. The number of fused-ring (bicyclic) bond motifs is 4. The molecule has 0 atom stereocenters. The quantitative estimate of drug-likeness (QED) is 0.103. The Hall–Kier alpha value is -1.34. The Bertz CT molecular complexity index is 1330. The molecule has 0 aliphatic carbocycles. The molecule has 0 amide bonds. The van der Waals surface area contributed by atoms with Crippen molar-refractivity contribution in [2.24, 2.45) is 0 Å². The van der Waals surface area contributed by atoms with Crippen molar-refractivity contribution < 1.29 is 0 Å². The highest BCUT2D eigenvalue weighted by Gasteiger charge is 2.47. The van der Waals surface area contributed by atoms with Crippen molar-refractivity contribution in [3.63, 3.8) is 0 Å². The van der Waals surface area contributed by atoms with Crippen LogP contribution in [0.15, 0.2) is 24.3 Å². The minimum absolute atomic E-state index is 1.08. The van der Waals surface area contributed by atoms with Crippen LogP contribution in [0.25, 0.3) is 31.2 Å². The van der Waals surface area contributed by atoms with Gasteiger partial charge in [-0.2, -0.15) is 8.75 Å². The van der Waals surface area contributed by atoms with Gasteiger partial charge in [-0.1, -0.05) is 103 Å². The van der Waals surface area contributed by atoms with E-state index in [1.54, 1.807) is 20.1 Å². The third-order valence-electron chi connectivity index (χ3n) is 8.62. The van der Waals surface area contributed by atoms with Gasteiger partial charge in [0, 0.05) is 25.1 Å². The fourth-order valence-corrected chi connectivity index (χ4v) is 16.5. The Labute approximate surface area is 243 Å². The molecule has 38 heavy (non-hydrogen) atoms. The number of hydrogen-bond donors (Lipinski definition) is 0. The number of unbranched alkanes of at least 4 members (excludes halogenated alkanes) is 10. The van der Waals surface area contributed by atoms with Gasteiger partial charge in [0.05, 0.1) is 11.7 Å². The van der Waals surface area contributed by atoms with Crippen LogP contribution in [0.5, 0.6) is 0 Å². The predicted octanol–water partition coefficient (Wildman–Crippen LogP) is 10.4. The van der Waals surface area contributed by atoms with Crippen LogP contribution < -0.4 is 10.4 Å². The normalized spacial score (nSPS) is 13.9. The summed E-state index contributed by atoms with van der Waals surface area (Å²) < 4.78 is 9.37. The van der Waals surface area contributed by atoms with Crippen molar-refractivity contribution in [3.05, 3.63) is 34.7 Å². The number of thiophene rings is 2. The topological polar surface area (TPSA) is 25.8 Å². The number of nitrogens with zero attached hydrogens (tertiary/aromatic N) is 2. The van der Waals surface area contributed by atoms with Gasteiger partial charge in [-0.25, -0.2) is 0 Å².